The van der Waals surface area contributed by atoms with E-state index in [1.165, 1.54) is 24.6 Å². The lowest BCUT2D eigenvalue weighted by atomic mass is 9.88. The smallest absolute Gasteiger partial charge is 0.182 e. The number of nitrogens with zero attached hydrogens (tertiary/aromatic N) is 1. The summed E-state index contributed by atoms with van der Waals surface area (Å²) in [5, 5.41) is 2.32. The van der Waals surface area contributed by atoms with Gasteiger partial charge in [-0.05, 0) is 56.6 Å². The third-order valence-electron chi connectivity index (χ3n) is 4.71. The molecule has 1 aliphatic rings. The highest BCUT2D eigenvalue weighted by Crippen LogP contribution is 2.26. The van der Waals surface area contributed by atoms with Gasteiger partial charge in [0, 0.05) is 5.56 Å². The van der Waals surface area contributed by atoms with Gasteiger partial charge >= 0.3 is 0 Å². The average Bonchev–Trinajstić information content (AvgIpc) is 2.54. The predicted octanol–water partition coefficient (Wildman–Crippen LogP) is 4.29. The molecule has 2 nitrogen and oxygen atoms in total. The molecule has 21 heavy (non-hydrogen) atoms. The zero-order valence-electron chi connectivity index (χ0n) is 12.9. The first-order valence-corrected chi connectivity index (χ1v) is 7.88. The van der Waals surface area contributed by atoms with Crippen molar-refractivity contribution in [3.8, 4) is 0 Å². The molecule has 2 aromatic carbocycles. The first-order valence-electron chi connectivity index (χ1n) is 7.88. The number of carbonyl (C=O) groups is 1. The highest BCUT2D eigenvalue weighted by atomic mass is 16.1. The number of hydrogen-bond acceptors (Lipinski definition) is 2. The molecule has 0 unspecified atom stereocenters. The Morgan fingerprint density at radius 3 is 2.33 bits per heavy atom. The number of rotatable bonds is 3. The second kappa shape index (κ2) is 5.61. The Hall–Kier alpha value is -1.67. The minimum Gasteiger partial charge on any atom is -0.292 e. The van der Waals surface area contributed by atoms with Gasteiger partial charge in [0.1, 0.15) is 0 Å². The largest absolute Gasteiger partial charge is 0.292 e. The van der Waals surface area contributed by atoms with Crippen molar-refractivity contribution in [3.05, 3.63) is 48.0 Å². The van der Waals surface area contributed by atoms with Gasteiger partial charge in [-0.3, -0.25) is 9.69 Å². The van der Waals surface area contributed by atoms with E-state index in [2.05, 4.69) is 36.9 Å². The normalized spacial score (nSPS) is 17.0. The van der Waals surface area contributed by atoms with Crippen molar-refractivity contribution < 1.29 is 4.79 Å². The number of hydrogen-bond donors (Lipinski definition) is 0. The van der Waals surface area contributed by atoms with Crippen molar-refractivity contribution in [2.75, 3.05) is 13.1 Å². The van der Waals surface area contributed by atoms with E-state index >= 15 is 0 Å². The summed E-state index contributed by atoms with van der Waals surface area (Å²) in [6.07, 6.45) is 3.69. The van der Waals surface area contributed by atoms with Crippen LogP contribution in [0.15, 0.2) is 42.5 Å². The fourth-order valence-corrected chi connectivity index (χ4v) is 3.28. The fourth-order valence-electron chi connectivity index (χ4n) is 3.28. The van der Waals surface area contributed by atoms with Crippen LogP contribution in [-0.4, -0.2) is 29.3 Å². The molecule has 0 atom stereocenters. The maximum absolute atomic E-state index is 13.0. The van der Waals surface area contributed by atoms with Gasteiger partial charge in [0.2, 0.25) is 0 Å². The van der Waals surface area contributed by atoms with Crippen LogP contribution in [0.2, 0.25) is 0 Å². The molecule has 1 saturated heterocycles. The first kappa shape index (κ1) is 14.3. The van der Waals surface area contributed by atoms with Crippen molar-refractivity contribution >= 4 is 16.6 Å². The van der Waals surface area contributed by atoms with E-state index in [1.54, 1.807) is 0 Å². The number of Topliss-reactive ketones (excluding diaryl/α,β-unsaturated/α-hetero) is 1. The lowest BCUT2D eigenvalue weighted by molar-refractivity contribution is 0.0579. The number of piperidine rings is 1. The Kier molecular flexibility index (Phi) is 3.81. The van der Waals surface area contributed by atoms with Crippen molar-refractivity contribution in [1.82, 2.24) is 4.90 Å². The summed E-state index contributed by atoms with van der Waals surface area (Å²) < 4.78 is 0. The van der Waals surface area contributed by atoms with E-state index < -0.39 is 5.54 Å². The zero-order valence-corrected chi connectivity index (χ0v) is 12.9. The van der Waals surface area contributed by atoms with E-state index in [1.807, 2.05) is 24.3 Å². The Labute approximate surface area is 126 Å². The number of carbonyl (C=O) groups excluding carboxylic acids is 1. The molecule has 2 heteroatoms. The molecule has 0 bridgehead atoms. The van der Waals surface area contributed by atoms with Crippen LogP contribution in [0.5, 0.6) is 0 Å². The summed E-state index contributed by atoms with van der Waals surface area (Å²) in [5.74, 6) is 0.232. The summed E-state index contributed by atoms with van der Waals surface area (Å²) in [5.41, 5.74) is 0.410. The second-order valence-corrected chi connectivity index (χ2v) is 6.50. The molecular formula is C19H23NO. The molecule has 110 valence electrons. The third kappa shape index (κ3) is 2.73. The minimum atomic E-state index is -0.414. The van der Waals surface area contributed by atoms with Crippen LogP contribution in [0, 0.1) is 0 Å². The van der Waals surface area contributed by atoms with Crippen molar-refractivity contribution in [1.29, 1.82) is 0 Å². The van der Waals surface area contributed by atoms with Gasteiger partial charge in [-0.25, -0.2) is 0 Å². The van der Waals surface area contributed by atoms with Crippen molar-refractivity contribution in [2.24, 2.45) is 0 Å². The Morgan fingerprint density at radius 1 is 0.952 bits per heavy atom. The standard InChI is InChI=1S/C19H23NO/c1-19(2,20-12-6-3-7-13-20)18(21)17-11-10-15-8-4-5-9-16(15)14-17/h4-5,8-11,14H,3,6-7,12-13H2,1-2H3. The van der Waals surface area contributed by atoms with Crippen LogP contribution < -0.4 is 0 Å². The average molecular weight is 281 g/mol. The summed E-state index contributed by atoms with van der Waals surface area (Å²) in [7, 11) is 0. The molecule has 1 aliphatic heterocycles. The Balaban J connectivity index is 1.91. The Bertz CT molecular complexity index is 653. The molecule has 1 fully saturated rings. The minimum absolute atomic E-state index is 0.232. The molecule has 0 spiro atoms. The number of benzene rings is 2. The van der Waals surface area contributed by atoms with Crippen LogP contribution in [0.4, 0.5) is 0 Å². The van der Waals surface area contributed by atoms with Crippen LogP contribution in [0.3, 0.4) is 0 Å². The zero-order chi connectivity index (χ0) is 14.9. The number of ketones is 1. The van der Waals surface area contributed by atoms with E-state index in [0.717, 1.165) is 24.0 Å². The maximum atomic E-state index is 13.0. The molecule has 0 aromatic heterocycles. The van der Waals surface area contributed by atoms with E-state index in [-0.39, 0.29) is 5.78 Å². The van der Waals surface area contributed by atoms with Gasteiger partial charge in [-0.15, -0.1) is 0 Å². The molecule has 0 radical (unpaired) electrons. The van der Waals surface area contributed by atoms with Gasteiger partial charge in [0.25, 0.3) is 0 Å². The fraction of sp³-hybridized carbons (Fsp3) is 0.421. The van der Waals surface area contributed by atoms with E-state index in [9.17, 15) is 4.79 Å². The molecular weight excluding hydrogens is 258 g/mol. The third-order valence-corrected chi connectivity index (χ3v) is 4.71. The van der Waals surface area contributed by atoms with Crippen LogP contribution in [0.1, 0.15) is 43.5 Å². The lowest BCUT2D eigenvalue weighted by Gasteiger charge is -2.39. The number of fused-ring (bicyclic) bond motifs is 1. The summed E-state index contributed by atoms with van der Waals surface area (Å²) in [6, 6.07) is 14.3. The summed E-state index contributed by atoms with van der Waals surface area (Å²) in [4.78, 5) is 15.3. The lowest BCUT2D eigenvalue weighted by Crippen LogP contribution is -2.52. The maximum Gasteiger partial charge on any atom is 0.182 e. The molecule has 0 aliphatic carbocycles. The van der Waals surface area contributed by atoms with Gasteiger partial charge in [-0.1, -0.05) is 42.8 Å². The van der Waals surface area contributed by atoms with E-state index in [0.29, 0.717) is 0 Å². The summed E-state index contributed by atoms with van der Waals surface area (Å²) in [6.45, 7) is 6.20. The second-order valence-electron chi connectivity index (χ2n) is 6.50. The summed E-state index contributed by atoms with van der Waals surface area (Å²) >= 11 is 0. The molecule has 1 heterocycles. The van der Waals surface area contributed by atoms with Crippen LogP contribution >= 0.6 is 0 Å². The van der Waals surface area contributed by atoms with Gasteiger partial charge in [0.15, 0.2) is 5.78 Å². The van der Waals surface area contributed by atoms with Gasteiger partial charge in [-0.2, -0.15) is 0 Å². The highest BCUT2D eigenvalue weighted by molar-refractivity contribution is 6.05. The highest BCUT2D eigenvalue weighted by Gasteiger charge is 2.35. The van der Waals surface area contributed by atoms with Crippen molar-refractivity contribution in [2.45, 2.75) is 38.6 Å². The topological polar surface area (TPSA) is 20.3 Å². The molecule has 0 amide bonds. The molecule has 0 saturated carbocycles. The van der Waals surface area contributed by atoms with Crippen LogP contribution in [-0.2, 0) is 0 Å². The molecule has 2 aromatic rings. The van der Waals surface area contributed by atoms with Gasteiger partial charge in [0.05, 0.1) is 5.54 Å². The van der Waals surface area contributed by atoms with E-state index in [4.69, 9.17) is 0 Å². The van der Waals surface area contributed by atoms with Gasteiger partial charge < -0.3 is 0 Å². The first-order chi connectivity index (χ1) is 10.1. The monoisotopic (exact) mass is 281 g/mol. The van der Waals surface area contributed by atoms with Crippen molar-refractivity contribution in [3.63, 3.8) is 0 Å². The quantitative estimate of drug-likeness (QED) is 0.782. The predicted molar refractivity (Wildman–Crippen MR) is 87.8 cm³/mol. The molecule has 3 rings (SSSR count). The number of likely N-dealkylation sites (tertiary alicyclic amines) is 1. The van der Waals surface area contributed by atoms with Crippen LogP contribution in [0.25, 0.3) is 10.8 Å². The SMILES string of the molecule is CC(C)(C(=O)c1ccc2ccccc2c1)N1CCCCC1. The Morgan fingerprint density at radius 2 is 1.62 bits per heavy atom. The molecule has 0 N–H and O–H groups in total.